The fourth-order valence-corrected chi connectivity index (χ4v) is 4.72. The normalized spacial score (nSPS) is 14.9. The van der Waals surface area contributed by atoms with Crippen LogP contribution in [0.3, 0.4) is 0 Å². The first-order valence-electron chi connectivity index (χ1n) is 11.7. The number of hydrogen-bond donors (Lipinski definition) is 3. The Bertz CT molecular complexity index is 1280. The number of rotatable bonds is 8. The summed E-state index contributed by atoms with van der Waals surface area (Å²) >= 11 is 0. The fraction of sp³-hybridized carbons (Fsp3) is 0.423. The highest BCUT2D eigenvalue weighted by Gasteiger charge is 2.28. The molecule has 0 bridgehead atoms. The Balaban J connectivity index is 1.59. The lowest BCUT2D eigenvalue weighted by Crippen LogP contribution is -2.37. The second kappa shape index (κ2) is 9.37. The van der Waals surface area contributed by atoms with Gasteiger partial charge in [-0.2, -0.15) is 0 Å². The predicted molar refractivity (Wildman–Crippen MR) is 132 cm³/mol. The maximum Gasteiger partial charge on any atom is 0.257 e. The molecule has 4 rings (SSSR count). The van der Waals surface area contributed by atoms with Crippen molar-refractivity contribution in [1.82, 2.24) is 4.90 Å². The minimum absolute atomic E-state index is 0.0625. The van der Waals surface area contributed by atoms with Gasteiger partial charge in [-0.05, 0) is 55.9 Å². The zero-order valence-corrected chi connectivity index (χ0v) is 20.0. The molecule has 1 aliphatic rings. The molecule has 3 aromatic rings. The smallest absolute Gasteiger partial charge is 0.257 e. The number of nitrogens with one attached hydrogen (secondary N) is 2. The monoisotopic (exact) mass is 465 g/mol. The average Bonchev–Trinajstić information content (AvgIpc) is 3.48. The third-order valence-electron chi connectivity index (χ3n) is 6.68. The van der Waals surface area contributed by atoms with Crippen LogP contribution >= 0.6 is 0 Å². The Labute approximate surface area is 198 Å². The second-order valence-corrected chi connectivity index (χ2v) is 9.18. The summed E-state index contributed by atoms with van der Waals surface area (Å²) < 4.78 is 6.06. The van der Waals surface area contributed by atoms with Gasteiger partial charge in [0.1, 0.15) is 22.9 Å². The molecule has 1 unspecified atom stereocenters. The third kappa shape index (κ3) is 4.20. The molecule has 1 fully saturated rings. The maximum atomic E-state index is 12.4. The van der Waals surface area contributed by atoms with Gasteiger partial charge in [0, 0.05) is 14.1 Å². The quantitative estimate of drug-likeness (QED) is 0.330. The summed E-state index contributed by atoms with van der Waals surface area (Å²) in [5.74, 6) is 1.50. The number of furan rings is 1. The fourth-order valence-electron chi connectivity index (χ4n) is 4.72. The molecule has 1 aromatic heterocycles. The zero-order valence-electron chi connectivity index (χ0n) is 20.0. The van der Waals surface area contributed by atoms with Crippen LogP contribution in [-0.2, 0) is 0 Å². The molecule has 8 heteroatoms. The Hall–Kier alpha value is -3.55. The van der Waals surface area contributed by atoms with Gasteiger partial charge in [-0.3, -0.25) is 14.4 Å². The highest BCUT2D eigenvalue weighted by molar-refractivity contribution is 5.99. The number of hydrogen-bond acceptors (Lipinski definition) is 7. The summed E-state index contributed by atoms with van der Waals surface area (Å²) in [7, 11) is 3.17. The molecular weight excluding hydrogens is 434 g/mol. The number of aryl methyl sites for hydroxylation is 1. The van der Waals surface area contributed by atoms with Gasteiger partial charge in [-0.15, -0.1) is 0 Å². The molecule has 8 nitrogen and oxygen atoms in total. The molecule has 180 valence electrons. The maximum absolute atomic E-state index is 12.4. The minimum atomic E-state index is -0.677. The number of phenolic OH excluding ortho intramolecular Hbond substituents is 1. The van der Waals surface area contributed by atoms with Crippen molar-refractivity contribution in [2.45, 2.75) is 57.9 Å². The van der Waals surface area contributed by atoms with E-state index in [1.165, 1.54) is 29.4 Å². The van der Waals surface area contributed by atoms with E-state index in [0.29, 0.717) is 12.3 Å². The summed E-state index contributed by atoms with van der Waals surface area (Å²) in [6, 6.07) is 6.44. The summed E-state index contributed by atoms with van der Waals surface area (Å²) in [5.41, 5.74) is 0.407. The first-order chi connectivity index (χ1) is 16.2. The van der Waals surface area contributed by atoms with Crippen LogP contribution in [0.15, 0.2) is 38.3 Å². The lowest BCUT2D eigenvalue weighted by molar-refractivity contribution is 0.0824. The number of para-hydroxylation sites is 1. The van der Waals surface area contributed by atoms with E-state index in [0.717, 1.165) is 24.4 Å². The molecule has 34 heavy (non-hydrogen) atoms. The van der Waals surface area contributed by atoms with Crippen molar-refractivity contribution in [2.24, 2.45) is 0 Å². The molecule has 3 N–H and O–H groups in total. The summed E-state index contributed by atoms with van der Waals surface area (Å²) in [6.07, 6.45) is 5.43. The first kappa shape index (κ1) is 23.6. The highest BCUT2D eigenvalue weighted by Crippen LogP contribution is 2.39. The Morgan fingerprint density at radius 2 is 1.85 bits per heavy atom. The number of benzene rings is 1. The Morgan fingerprint density at radius 1 is 1.18 bits per heavy atom. The molecule has 0 spiro atoms. The SMILES string of the molecule is CCC(Nc1c(Nc2cccc(C(=O)N(C)C)c2O)c(=O)c1=O)c1cc(C2CCCC2)c(C)o1. The number of amides is 1. The van der Waals surface area contributed by atoms with Crippen LogP contribution in [0, 0.1) is 6.92 Å². The molecule has 1 amide bonds. The topological polar surface area (TPSA) is 112 Å². The first-order valence-corrected chi connectivity index (χ1v) is 11.7. The Kier molecular flexibility index (Phi) is 6.50. The van der Waals surface area contributed by atoms with Crippen LogP contribution in [0.5, 0.6) is 5.75 Å². The van der Waals surface area contributed by atoms with Crippen molar-refractivity contribution in [2.75, 3.05) is 24.7 Å². The number of nitrogens with zero attached hydrogens (tertiary/aromatic N) is 1. The van der Waals surface area contributed by atoms with Crippen molar-refractivity contribution in [3.05, 3.63) is 67.4 Å². The highest BCUT2D eigenvalue weighted by atomic mass is 16.3. The van der Waals surface area contributed by atoms with Gasteiger partial charge in [-0.1, -0.05) is 25.8 Å². The van der Waals surface area contributed by atoms with Gasteiger partial charge in [0.15, 0.2) is 5.75 Å². The summed E-state index contributed by atoms with van der Waals surface area (Å²) in [6.45, 7) is 3.95. The van der Waals surface area contributed by atoms with Crippen molar-refractivity contribution in [1.29, 1.82) is 0 Å². The van der Waals surface area contributed by atoms with Crippen LogP contribution in [0.25, 0.3) is 0 Å². The number of carbonyl (C=O) groups is 1. The van der Waals surface area contributed by atoms with E-state index in [4.69, 9.17) is 4.42 Å². The molecule has 1 saturated carbocycles. The van der Waals surface area contributed by atoms with Gasteiger partial charge in [0.25, 0.3) is 16.8 Å². The standard InChI is InChI=1S/C26H31N3O5/c1-5-18(20-13-17(14(2)34-20)15-9-6-7-10-15)27-21-22(25(32)24(21)31)28-19-12-8-11-16(23(19)30)26(33)29(3)4/h8,11-13,15,18,27-28,30H,5-7,9-10H2,1-4H3. The molecular formula is C26H31N3O5. The molecule has 1 aliphatic carbocycles. The minimum Gasteiger partial charge on any atom is -0.505 e. The number of anilines is 3. The molecule has 1 heterocycles. The van der Waals surface area contributed by atoms with Gasteiger partial charge in [-0.25, -0.2) is 0 Å². The van der Waals surface area contributed by atoms with Crippen molar-refractivity contribution in [3.8, 4) is 5.75 Å². The largest absolute Gasteiger partial charge is 0.505 e. The van der Waals surface area contributed by atoms with Gasteiger partial charge in [0.2, 0.25) is 0 Å². The lowest BCUT2D eigenvalue weighted by Gasteiger charge is -2.21. The van der Waals surface area contributed by atoms with Crippen LogP contribution in [-0.4, -0.2) is 30.0 Å². The van der Waals surface area contributed by atoms with Crippen molar-refractivity contribution < 1.29 is 14.3 Å². The van der Waals surface area contributed by atoms with Gasteiger partial charge < -0.3 is 25.1 Å². The van der Waals surface area contributed by atoms with Crippen LogP contribution in [0.1, 0.15) is 78.4 Å². The molecule has 0 saturated heterocycles. The van der Waals surface area contributed by atoms with Crippen molar-refractivity contribution >= 4 is 23.0 Å². The molecule has 0 radical (unpaired) electrons. The summed E-state index contributed by atoms with van der Waals surface area (Å²) in [5, 5.41) is 16.6. The van der Waals surface area contributed by atoms with Gasteiger partial charge in [0.05, 0.1) is 17.3 Å². The summed E-state index contributed by atoms with van der Waals surface area (Å²) in [4.78, 5) is 38.4. The van der Waals surface area contributed by atoms with E-state index in [9.17, 15) is 19.5 Å². The van der Waals surface area contributed by atoms with Crippen molar-refractivity contribution in [3.63, 3.8) is 0 Å². The van der Waals surface area contributed by atoms with Gasteiger partial charge >= 0.3 is 0 Å². The number of carbonyl (C=O) groups excluding carboxylic acids is 1. The molecule has 1 atom stereocenters. The van der Waals surface area contributed by atoms with Crippen LogP contribution in [0.2, 0.25) is 0 Å². The van der Waals surface area contributed by atoms with E-state index in [1.807, 2.05) is 13.8 Å². The predicted octanol–water partition coefficient (Wildman–Crippen LogP) is 4.56. The van der Waals surface area contributed by atoms with E-state index >= 15 is 0 Å². The average molecular weight is 466 g/mol. The number of aromatic hydroxyl groups is 1. The van der Waals surface area contributed by atoms with E-state index in [2.05, 4.69) is 16.7 Å². The van der Waals surface area contributed by atoms with E-state index in [1.54, 1.807) is 26.2 Å². The zero-order chi connectivity index (χ0) is 24.6. The van der Waals surface area contributed by atoms with E-state index < -0.39 is 10.9 Å². The lowest BCUT2D eigenvalue weighted by atomic mass is 9.97. The van der Waals surface area contributed by atoms with E-state index in [-0.39, 0.29) is 40.3 Å². The molecule has 2 aromatic carbocycles. The molecule has 0 aliphatic heterocycles. The number of phenols is 1. The third-order valence-corrected chi connectivity index (χ3v) is 6.68. The van der Waals surface area contributed by atoms with Crippen LogP contribution in [0.4, 0.5) is 17.1 Å². The second-order valence-electron chi connectivity index (χ2n) is 9.18. The van der Waals surface area contributed by atoms with Crippen LogP contribution < -0.4 is 21.5 Å². The Morgan fingerprint density at radius 3 is 2.50 bits per heavy atom.